The molecule has 0 radical (unpaired) electrons. The van der Waals surface area contributed by atoms with E-state index in [1.54, 1.807) is 29.4 Å². The highest BCUT2D eigenvalue weighted by Gasteiger charge is 2.45. The second kappa shape index (κ2) is 8.84. The van der Waals surface area contributed by atoms with Gasteiger partial charge < -0.3 is 9.64 Å². The van der Waals surface area contributed by atoms with Crippen LogP contribution >= 0.6 is 0 Å². The Kier molecular flexibility index (Phi) is 5.98. The van der Waals surface area contributed by atoms with Crippen molar-refractivity contribution in [2.24, 2.45) is 5.41 Å². The Bertz CT molecular complexity index is 1110. The fourth-order valence-electron chi connectivity index (χ4n) is 4.42. The minimum Gasteiger partial charge on any atom is -0.466 e. The number of aromatic nitrogens is 2. The predicted molar refractivity (Wildman–Crippen MR) is 119 cm³/mol. The maximum absolute atomic E-state index is 13.4. The lowest BCUT2D eigenvalue weighted by Crippen LogP contribution is -2.51. The Morgan fingerprint density at radius 3 is 2.65 bits per heavy atom. The van der Waals surface area contributed by atoms with E-state index in [4.69, 9.17) is 4.74 Å². The van der Waals surface area contributed by atoms with Gasteiger partial charge in [-0.05, 0) is 62.4 Å². The molecular formula is C25H27N3O3. The third-order valence-corrected chi connectivity index (χ3v) is 6.08. The number of aryl methyl sites for hydroxylation is 1. The Morgan fingerprint density at radius 1 is 1.10 bits per heavy atom. The summed E-state index contributed by atoms with van der Waals surface area (Å²) < 4.78 is 5.49. The Labute approximate surface area is 182 Å². The third kappa shape index (κ3) is 4.29. The number of carbonyl (C=O) groups excluding carboxylic acids is 2. The van der Waals surface area contributed by atoms with E-state index in [2.05, 4.69) is 29.0 Å². The van der Waals surface area contributed by atoms with Crippen molar-refractivity contribution < 1.29 is 14.3 Å². The fraction of sp³-hybridized carbons (Fsp3) is 0.360. The average Bonchev–Trinajstić information content (AvgIpc) is 2.80. The molecule has 3 aromatic rings. The number of hydrogen-bond donors (Lipinski definition) is 0. The number of benzene rings is 2. The van der Waals surface area contributed by atoms with Gasteiger partial charge in [0.2, 0.25) is 0 Å². The van der Waals surface area contributed by atoms with Gasteiger partial charge in [-0.25, -0.2) is 0 Å². The highest BCUT2D eigenvalue weighted by Crippen LogP contribution is 2.36. The minimum atomic E-state index is -0.743. The Morgan fingerprint density at radius 2 is 1.87 bits per heavy atom. The number of rotatable bonds is 5. The van der Waals surface area contributed by atoms with Gasteiger partial charge in [-0.3, -0.25) is 19.6 Å². The van der Waals surface area contributed by atoms with Crippen molar-refractivity contribution in [3.8, 4) is 0 Å². The standard InChI is InChI=1S/C25H27N3O3/c1-3-31-24(30)25(16-20-8-5-4-7-18(20)2)11-6-14-28(17-25)23(29)19-9-10-21-22(15-19)27-13-12-26-21/h4-5,7-10,12-13,15H,3,6,11,14,16-17H2,1-2H3/t25-/m0/s1. The van der Waals surface area contributed by atoms with Gasteiger partial charge in [0.15, 0.2) is 0 Å². The van der Waals surface area contributed by atoms with Gasteiger partial charge in [-0.15, -0.1) is 0 Å². The first-order chi connectivity index (χ1) is 15.0. The van der Waals surface area contributed by atoms with Crippen LogP contribution in [0.25, 0.3) is 11.0 Å². The molecule has 0 bridgehead atoms. The summed E-state index contributed by atoms with van der Waals surface area (Å²) >= 11 is 0. The van der Waals surface area contributed by atoms with Crippen LogP contribution in [0.4, 0.5) is 0 Å². The van der Waals surface area contributed by atoms with E-state index >= 15 is 0 Å². The first-order valence-corrected chi connectivity index (χ1v) is 10.7. The number of carbonyl (C=O) groups is 2. The van der Waals surface area contributed by atoms with Crippen LogP contribution in [-0.4, -0.2) is 46.4 Å². The molecule has 1 aromatic heterocycles. The number of nitrogens with zero attached hydrogens (tertiary/aromatic N) is 3. The van der Waals surface area contributed by atoms with Crippen molar-refractivity contribution in [2.45, 2.75) is 33.1 Å². The molecule has 2 aromatic carbocycles. The summed E-state index contributed by atoms with van der Waals surface area (Å²) in [6.45, 7) is 5.16. The topological polar surface area (TPSA) is 72.4 Å². The maximum Gasteiger partial charge on any atom is 0.314 e. The molecule has 0 N–H and O–H groups in total. The Balaban J connectivity index is 1.63. The SMILES string of the molecule is CCOC(=O)[C@]1(Cc2ccccc2C)CCCN(C(=O)c2ccc3nccnc3c2)C1. The second-order valence-corrected chi connectivity index (χ2v) is 8.19. The molecule has 0 unspecified atom stereocenters. The lowest BCUT2D eigenvalue weighted by atomic mass is 9.74. The first-order valence-electron chi connectivity index (χ1n) is 10.7. The van der Waals surface area contributed by atoms with Crippen molar-refractivity contribution in [2.75, 3.05) is 19.7 Å². The minimum absolute atomic E-state index is 0.0919. The number of ether oxygens (including phenoxy) is 1. The molecule has 1 atom stereocenters. The molecule has 0 saturated carbocycles. The zero-order valence-electron chi connectivity index (χ0n) is 18.0. The van der Waals surface area contributed by atoms with Crippen molar-refractivity contribution in [1.82, 2.24) is 14.9 Å². The molecule has 6 heteroatoms. The molecule has 2 heterocycles. The number of likely N-dealkylation sites (tertiary alicyclic amines) is 1. The molecule has 160 valence electrons. The normalized spacial score (nSPS) is 18.7. The van der Waals surface area contributed by atoms with E-state index in [0.29, 0.717) is 43.6 Å². The third-order valence-electron chi connectivity index (χ3n) is 6.08. The molecule has 1 amide bonds. The number of hydrogen-bond acceptors (Lipinski definition) is 5. The summed E-state index contributed by atoms with van der Waals surface area (Å²) in [7, 11) is 0. The van der Waals surface area contributed by atoms with Crippen LogP contribution in [0.1, 0.15) is 41.3 Å². The molecule has 0 spiro atoms. The molecule has 1 aliphatic rings. The quantitative estimate of drug-likeness (QED) is 0.588. The monoisotopic (exact) mass is 417 g/mol. The van der Waals surface area contributed by atoms with Gasteiger partial charge >= 0.3 is 5.97 Å². The summed E-state index contributed by atoms with van der Waals surface area (Å²) in [6.07, 6.45) is 5.27. The van der Waals surface area contributed by atoms with Gasteiger partial charge in [-0.2, -0.15) is 0 Å². The van der Waals surface area contributed by atoms with E-state index in [-0.39, 0.29) is 11.9 Å². The van der Waals surface area contributed by atoms with Gasteiger partial charge in [0, 0.05) is 31.0 Å². The van der Waals surface area contributed by atoms with Crippen LogP contribution in [0.5, 0.6) is 0 Å². The van der Waals surface area contributed by atoms with Crippen LogP contribution in [0.3, 0.4) is 0 Å². The summed E-state index contributed by atoms with van der Waals surface area (Å²) in [5.41, 5.74) is 3.50. The smallest absolute Gasteiger partial charge is 0.314 e. The van der Waals surface area contributed by atoms with E-state index in [9.17, 15) is 9.59 Å². The summed E-state index contributed by atoms with van der Waals surface area (Å²) in [5, 5.41) is 0. The molecule has 0 aliphatic carbocycles. The van der Waals surface area contributed by atoms with E-state index in [1.807, 2.05) is 25.1 Å². The average molecular weight is 418 g/mol. The molecule has 1 fully saturated rings. The van der Waals surface area contributed by atoms with E-state index in [0.717, 1.165) is 23.1 Å². The molecule has 1 aliphatic heterocycles. The number of piperidine rings is 1. The zero-order valence-corrected chi connectivity index (χ0v) is 18.0. The predicted octanol–water partition coefficient (Wildman–Crippen LogP) is 3.97. The van der Waals surface area contributed by atoms with Crippen molar-refractivity contribution in [1.29, 1.82) is 0 Å². The van der Waals surface area contributed by atoms with Gasteiger partial charge in [0.1, 0.15) is 0 Å². The largest absolute Gasteiger partial charge is 0.466 e. The number of esters is 1. The van der Waals surface area contributed by atoms with Gasteiger partial charge in [0.25, 0.3) is 5.91 Å². The van der Waals surface area contributed by atoms with Gasteiger partial charge in [-0.1, -0.05) is 24.3 Å². The molecule has 4 rings (SSSR count). The van der Waals surface area contributed by atoms with E-state index < -0.39 is 5.41 Å². The maximum atomic E-state index is 13.4. The number of amides is 1. The lowest BCUT2D eigenvalue weighted by Gasteiger charge is -2.41. The highest BCUT2D eigenvalue weighted by molar-refractivity contribution is 5.97. The lowest BCUT2D eigenvalue weighted by molar-refractivity contribution is -0.158. The molecule has 6 nitrogen and oxygen atoms in total. The van der Waals surface area contributed by atoms with Crippen LogP contribution < -0.4 is 0 Å². The second-order valence-electron chi connectivity index (χ2n) is 8.19. The van der Waals surface area contributed by atoms with Crippen LogP contribution in [0.15, 0.2) is 54.9 Å². The van der Waals surface area contributed by atoms with Crippen LogP contribution in [0, 0.1) is 12.3 Å². The van der Waals surface area contributed by atoms with E-state index in [1.165, 1.54) is 0 Å². The summed E-state index contributed by atoms with van der Waals surface area (Å²) in [6, 6.07) is 13.5. The Hall–Kier alpha value is -3.28. The van der Waals surface area contributed by atoms with Crippen LogP contribution in [-0.2, 0) is 16.0 Å². The van der Waals surface area contributed by atoms with Crippen molar-refractivity contribution in [3.05, 3.63) is 71.5 Å². The zero-order chi connectivity index (χ0) is 21.8. The molecular weight excluding hydrogens is 390 g/mol. The molecule has 1 saturated heterocycles. The molecule has 31 heavy (non-hydrogen) atoms. The first kappa shape index (κ1) is 21.0. The number of fused-ring (bicyclic) bond motifs is 1. The van der Waals surface area contributed by atoms with Gasteiger partial charge in [0.05, 0.1) is 23.1 Å². The van der Waals surface area contributed by atoms with Crippen molar-refractivity contribution >= 4 is 22.9 Å². The summed E-state index contributed by atoms with van der Waals surface area (Å²) in [5.74, 6) is -0.314. The van der Waals surface area contributed by atoms with Crippen molar-refractivity contribution in [3.63, 3.8) is 0 Å². The fourth-order valence-corrected chi connectivity index (χ4v) is 4.42. The van der Waals surface area contributed by atoms with Crippen LogP contribution in [0.2, 0.25) is 0 Å². The summed E-state index contributed by atoms with van der Waals surface area (Å²) in [4.78, 5) is 36.9. The highest BCUT2D eigenvalue weighted by atomic mass is 16.5.